The zero-order chi connectivity index (χ0) is 22.2. The fourth-order valence-electron chi connectivity index (χ4n) is 4.15. The van der Waals surface area contributed by atoms with Gasteiger partial charge in [-0.15, -0.1) is 0 Å². The number of fused-ring (bicyclic) bond motifs is 1. The highest BCUT2D eigenvalue weighted by Crippen LogP contribution is 2.26. The molecule has 4 aromatic heterocycles. The maximum Gasteiger partial charge on any atom is 0.238 e. The van der Waals surface area contributed by atoms with Crippen LogP contribution in [0.1, 0.15) is 5.56 Å². The van der Waals surface area contributed by atoms with E-state index in [1.165, 1.54) is 5.56 Å². The van der Waals surface area contributed by atoms with E-state index in [0.717, 1.165) is 47.2 Å². The van der Waals surface area contributed by atoms with E-state index in [1.54, 1.807) is 6.20 Å². The molecule has 164 valence electrons. The van der Waals surface area contributed by atoms with Crippen LogP contribution >= 0.6 is 0 Å². The third-order valence-corrected chi connectivity index (χ3v) is 5.84. The number of hydrogen-bond acceptors (Lipinski definition) is 6. The first-order valence-corrected chi connectivity index (χ1v) is 11.0. The highest BCUT2D eigenvalue weighted by molar-refractivity contribution is 5.64. The molecule has 6 rings (SSSR count). The summed E-state index contributed by atoms with van der Waals surface area (Å²) in [6.07, 6.45) is 7.55. The van der Waals surface area contributed by atoms with Crippen LogP contribution in [-0.2, 0) is 4.74 Å². The summed E-state index contributed by atoms with van der Waals surface area (Å²) < 4.78 is 9.44. The molecule has 1 aromatic carbocycles. The van der Waals surface area contributed by atoms with Crippen LogP contribution in [0.15, 0.2) is 73.3 Å². The van der Waals surface area contributed by atoms with Crippen LogP contribution in [0.25, 0.3) is 34.1 Å². The van der Waals surface area contributed by atoms with Crippen LogP contribution in [0.5, 0.6) is 0 Å². The number of hydrogen-bond donors (Lipinski definition) is 0. The molecule has 5 heterocycles. The summed E-state index contributed by atoms with van der Waals surface area (Å²) in [6.45, 7) is 5.10. The number of ether oxygens (including phenoxy) is 1. The lowest BCUT2D eigenvalue weighted by Crippen LogP contribution is -2.37. The summed E-state index contributed by atoms with van der Waals surface area (Å²) in [7, 11) is 0. The molecule has 0 bridgehead atoms. The zero-order valence-electron chi connectivity index (χ0n) is 18.3. The van der Waals surface area contributed by atoms with Gasteiger partial charge in [0.1, 0.15) is 5.82 Å². The summed E-state index contributed by atoms with van der Waals surface area (Å²) in [5.41, 5.74) is 4.99. The number of pyridine rings is 1. The molecule has 33 heavy (non-hydrogen) atoms. The lowest BCUT2D eigenvalue weighted by atomic mass is 10.1. The molecule has 0 unspecified atom stereocenters. The molecule has 1 aliphatic rings. The van der Waals surface area contributed by atoms with Crippen LogP contribution in [0.3, 0.4) is 0 Å². The molecule has 1 saturated heterocycles. The summed E-state index contributed by atoms with van der Waals surface area (Å²) in [5.74, 6) is 2.38. The van der Waals surface area contributed by atoms with Crippen LogP contribution < -0.4 is 4.90 Å². The number of aromatic nitrogens is 6. The van der Waals surface area contributed by atoms with Gasteiger partial charge in [0, 0.05) is 55.1 Å². The number of benzene rings is 1. The van der Waals surface area contributed by atoms with Gasteiger partial charge in [0.2, 0.25) is 5.78 Å². The number of morpholine rings is 1. The Morgan fingerprint density at radius 2 is 1.79 bits per heavy atom. The summed E-state index contributed by atoms with van der Waals surface area (Å²) in [6, 6.07) is 16.4. The molecule has 0 saturated carbocycles. The van der Waals surface area contributed by atoms with E-state index >= 15 is 0 Å². The standard InChI is InChI=1S/C25H23N7O/c1-18-4-2-5-19(14-18)21-7-9-32(29-21)23-15-24(30-10-12-33-13-11-30)31-17-22(27-25(31)28-23)20-6-3-8-26-16-20/h2-9,14-17H,10-13H2,1H3. The van der Waals surface area contributed by atoms with Gasteiger partial charge >= 0.3 is 0 Å². The number of nitrogens with zero attached hydrogens (tertiary/aromatic N) is 7. The van der Waals surface area contributed by atoms with E-state index in [-0.39, 0.29) is 0 Å². The minimum absolute atomic E-state index is 0.625. The third kappa shape index (κ3) is 3.74. The summed E-state index contributed by atoms with van der Waals surface area (Å²) >= 11 is 0. The van der Waals surface area contributed by atoms with E-state index in [4.69, 9.17) is 19.8 Å². The second-order valence-corrected chi connectivity index (χ2v) is 8.12. The molecule has 8 nitrogen and oxygen atoms in total. The first-order chi connectivity index (χ1) is 16.2. The topological polar surface area (TPSA) is 73.4 Å². The lowest BCUT2D eigenvalue weighted by Gasteiger charge is -2.29. The van der Waals surface area contributed by atoms with Crippen molar-refractivity contribution < 1.29 is 4.74 Å². The Morgan fingerprint density at radius 3 is 2.61 bits per heavy atom. The molecule has 5 aromatic rings. The molecular weight excluding hydrogens is 414 g/mol. The van der Waals surface area contributed by atoms with E-state index in [9.17, 15) is 0 Å². The summed E-state index contributed by atoms with van der Waals surface area (Å²) in [5, 5.41) is 4.81. The van der Waals surface area contributed by atoms with Gasteiger partial charge < -0.3 is 9.64 Å². The number of aryl methyl sites for hydroxylation is 1. The van der Waals surface area contributed by atoms with Crippen LogP contribution in [-0.4, -0.2) is 55.4 Å². The third-order valence-electron chi connectivity index (χ3n) is 5.84. The second kappa shape index (κ2) is 8.14. The monoisotopic (exact) mass is 437 g/mol. The molecule has 1 fully saturated rings. The Kier molecular flexibility index (Phi) is 4.84. The van der Waals surface area contributed by atoms with Crippen molar-refractivity contribution in [1.82, 2.24) is 29.1 Å². The number of rotatable bonds is 4. The van der Waals surface area contributed by atoms with Gasteiger partial charge in [0.15, 0.2) is 5.82 Å². The van der Waals surface area contributed by atoms with Crippen LogP contribution in [0, 0.1) is 6.92 Å². The molecule has 0 radical (unpaired) electrons. The average molecular weight is 438 g/mol. The summed E-state index contributed by atoms with van der Waals surface area (Å²) in [4.78, 5) is 16.2. The van der Waals surface area contributed by atoms with Crippen molar-refractivity contribution in [3.05, 3.63) is 78.9 Å². The van der Waals surface area contributed by atoms with Crippen molar-refractivity contribution >= 4 is 11.6 Å². The molecule has 0 aliphatic carbocycles. The van der Waals surface area contributed by atoms with Crippen molar-refractivity contribution in [2.24, 2.45) is 0 Å². The van der Waals surface area contributed by atoms with Gasteiger partial charge in [0.05, 0.1) is 24.6 Å². The van der Waals surface area contributed by atoms with Gasteiger partial charge in [-0.2, -0.15) is 10.1 Å². The Morgan fingerprint density at radius 1 is 0.909 bits per heavy atom. The highest BCUT2D eigenvalue weighted by Gasteiger charge is 2.19. The minimum atomic E-state index is 0.625. The molecule has 0 amide bonds. The Hall–Kier alpha value is -4.04. The number of anilines is 1. The minimum Gasteiger partial charge on any atom is -0.378 e. The fourth-order valence-corrected chi connectivity index (χ4v) is 4.15. The second-order valence-electron chi connectivity index (χ2n) is 8.12. The smallest absolute Gasteiger partial charge is 0.238 e. The quantitative estimate of drug-likeness (QED) is 0.426. The largest absolute Gasteiger partial charge is 0.378 e. The van der Waals surface area contributed by atoms with Gasteiger partial charge in [-0.05, 0) is 31.2 Å². The molecule has 0 N–H and O–H groups in total. The number of imidazole rings is 1. The van der Waals surface area contributed by atoms with Crippen molar-refractivity contribution in [3.8, 4) is 28.3 Å². The predicted molar refractivity (Wildman–Crippen MR) is 127 cm³/mol. The fraction of sp³-hybridized carbons (Fsp3) is 0.200. The first kappa shape index (κ1) is 19.6. The maximum absolute atomic E-state index is 5.58. The molecule has 8 heteroatoms. The molecule has 0 atom stereocenters. The Balaban J connectivity index is 1.47. The van der Waals surface area contributed by atoms with Crippen molar-refractivity contribution in [2.75, 3.05) is 31.2 Å². The van der Waals surface area contributed by atoms with Crippen LogP contribution in [0.2, 0.25) is 0 Å². The SMILES string of the molecule is Cc1cccc(-c2ccn(-c3cc(N4CCOCC4)n4cc(-c5cccnc5)nc4n3)n2)c1. The first-order valence-electron chi connectivity index (χ1n) is 11.0. The zero-order valence-corrected chi connectivity index (χ0v) is 18.3. The normalized spacial score (nSPS) is 14.2. The van der Waals surface area contributed by atoms with Crippen molar-refractivity contribution in [1.29, 1.82) is 0 Å². The van der Waals surface area contributed by atoms with E-state index < -0.39 is 0 Å². The Bertz CT molecular complexity index is 1420. The van der Waals surface area contributed by atoms with Gasteiger partial charge in [-0.3, -0.25) is 9.38 Å². The highest BCUT2D eigenvalue weighted by atomic mass is 16.5. The lowest BCUT2D eigenvalue weighted by molar-refractivity contribution is 0.122. The van der Waals surface area contributed by atoms with Crippen molar-refractivity contribution in [3.63, 3.8) is 0 Å². The van der Waals surface area contributed by atoms with Crippen LogP contribution in [0.4, 0.5) is 5.82 Å². The van der Waals surface area contributed by atoms with Gasteiger partial charge in [-0.1, -0.05) is 23.8 Å². The van der Waals surface area contributed by atoms with E-state index in [0.29, 0.717) is 19.0 Å². The van der Waals surface area contributed by atoms with E-state index in [1.807, 2.05) is 45.9 Å². The van der Waals surface area contributed by atoms with Gasteiger partial charge in [-0.25, -0.2) is 9.67 Å². The maximum atomic E-state index is 5.58. The Labute approximate surface area is 191 Å². The molecule has 1 aliphatic heterocycles. The predicted octanol–water partition coefficient (Wildman–Crippen LogP) is 3.79. The molecule has 0 spiro atoms. The molecular formula is C25H23N7O. The van der Waals surface area contributed by atoms with Gasteiger partial charge in [0.25, 0.3) is 0 Å². The van der Waals surface area contributed by atoms with E-state index in [2.05, 4.69) is 47.1 Å². The van der Waals surface area contributed by atoms with Crippen molar-refractivity contribution in [2.45, 2.75) is 6.92 Å². The average Bonchev–Trinajstić information content (AvgIpc) is 3.52.